The number of ether oxygens (including phenoxy) is 2. The van der Waals surface area contributed by atoms with Crippen molar-refractivity contribution in [3.05, 3.63) is 72.0 Å². The first kappa shape index (κ1) is 20.7. The minimum absolute atomic E-state index is 0.0788. The van der Waals surface area contributed by atoms with Crippen LogP contribution in [-0.4, -0.2) is 38.4 Å². The second-order valence-corrected chi connectivity index (χ2v) is 5.78. The van der Waals surface area contributed by atoms with Gasteiger partial charge in [0.1, 0.15) is 5.75 Å². The van der Waals surface area contributed by atoms with Gasteiger partial charge in [0.05, 0.1) is 44.6 Å². The SMILES string of the molecule is COC=C(CNC(=O)CC(=O)c1ccccc1OC)C(=O)Nc1ccccc1. The lowest BCUT2D eigenvalue weighted by molar-refractivity contribution is -0.120. The van der Waals surface area contributed by atoms with Crippen molar-refractivity contribution < 1.29 is 23.9 Å². The van der Waals surface area contributed by atoms with Gasteiger partial charge in [-0.05, 0) is 24.3 Å². The molecule has 0 aliphatic rings. The fourth-order valence-corrected chi connectivity index (χ4v) is 2.42. The van der Waals surface area contributed by atoms with Crippen molar-refractivity contribution in [1.82, 2.24) is 5.32 Å². The fourth-order valence-electron chi connectivity index (χ4n) is 2.42. The second-order valence-electron chi connectivity index (χ2n) is 5.78. The Hall–Kier alpha value is -3.61. The van der Waals surface area contributed by atoms with Gasteiger partial charge in [0.2, 0.25) is 5.91 Å². The molecule has 0 saturated carbocycles. The van der Waals surface area contributed by atoms with Gasteiger partial charge in [0.25, 0.3) is 5.91 Å². The van der Waals surface area contributed by atoms with Gasteiger partial charge >= 0.3 is 0 Å². The molecule has 7 heteroatoms. The number of para-hydroxylation sites is 2. The molecule has 0 aliphatic heterocycles. The number of nitrogens with one attached hydrogen (secondary N) is 2. The Bertz CT molecular complexity index is 862. The molecule has 0 unspecified atom stereocenters. The Morgan fingerprint density at radius 2 is 1.64 bits per heavy atom. The van der Waals surface area contributed by atoms with Gasteiger partial charge in [0.15, 0.2) is 5.78 Å². The number of Topliss-reactive ketones (excluding diaryl/α,β-unsaturated/α-hetero) is 1. The van der Waals surface area contributed by atoms with E-state index in [9.17, 15) is 14.4 Å². The quantitative estimate of drug-likeness (QED) is 0.301. The second kappa shape index (κ2) is 10.5. The van der Waals surface area contributed by atoms with Gasteiger partial charge in [-0.2, -0.15) is 0 Å². The molecule has 146 valence electrons. The Kier molecular flexibility index (Phi) is 7.77. The first-order chi connectivity index (χ1) is 13.5. The van der Waals surface area contributed by atoms with Crippen molar-refractivity contribution in [1.29, 1.82) is 0 Å². The number of anilines is 1. The molecule has 0 spiro atoms. The molecule has 0 aliphatic carbocycles. The van der Waals surface area contributed by atoms with E-state index in [-0.39, 0.29) is 24.3 Å². The van der Waals surface area contributed by atoms with E-state index in [4.69, 9.17) is 9.47 Å². The maximum Gasteiger partial charge on any atom is 0.256 e. The topological polar surface area (TPSA) is 93.7 Å². The van der Waals surface area contributed by atoms with Gasteiger partial charge in [-0.25, -0.2) is 0 Å². The van der Waals surface area contributed by atoms with E-state index in [1.807, 2.05) is 6.07 Å². The molecule has 28 heavy (non-hydrogen) atoms. The normalized spacial score (nSPS) is 10.7. The average molecular weight is 382 g/mol. The first-order valence-corrected chi connectivity index (χ1v) is 8.56. The molecular formula is C21H22N2O5. The number of hydrogen-bond acceptors (Lipinski definition) is 5. The van der Waals surface area contributed by atoms with Crippen LogP contribution in [0.1, 0.15) is 16.8 Å². The maximum atomic E-state index is 12.3. The van der Waals surface area contributed by atoms with Crippen LogP contribution in [0.3, 0.4) is 0 Å². The predicted octanol–water partition coefficient (Wildman–Crippen LogP) is 2.55. The number of carbonyl (C=O) groups excluding carboxylic acids is 3. The van der Waals surface area contributed by atoms with Gasteiger partial charge in [-0.3, -0.25) is 14.4 Å². The minimum Gasteiger partial charge on any atom is -0.504 e. The van der Waals surface area contributed by atoms with E-state index in [0.29, 0.717) is 17.0 Å². The number of carbonyl (C=O) groups is 3. The highest BCUT2D eigenvalue weighted by Crippen LogP contribution is 2.18. The van der Waals surface area contributed by atoms with Crippen LogP contribution in [0.15, 0.2) is 66.4 Å². The minimum atomic E-state index is -0.509. The molecule has 2 amide bonds. The predicted molar refractivity (Wildman–Crippen MR) is 105 cm³/mol. The highest BCUT2D eigenvalue weighted by molar-refractivity contribution is 6.09. The number of benzene rings is 2. The Morgan fingerprint density at radius 3 is 2.32 bits per heavy atom. The van der Waals surface area contributed by atoms with Crippen molar-refractivity contribution in [2.45, 2.75) is 6.42 Å². The van der Waals surface area contributed by atoms with Crippen molar-refractivity contribution >= 4 is 23.3 Å². The van der Waals surface area contributed by atoms with Crippen LogP contribution in [0.5, 0.6) is 5.75 Å². The van der Waals surface area contributed by atoms with Crippen LogP contribution in [0.25, 0.3) is 0 Å². The van der Waals surface area contributed by atoms with E-state index < -0.39 is 11.8 Å². The highest BCUT2D eigenvalue weighted by atomic mass is 16.5. The molecule has 2 rings (SSSR count). The zero-order valence-electron chi connectivity index (χ0n) is 15.7. The number of hydrogen-bond donors (Lipinski definition) is 2. The molecule has 7 nitrogen and oxygen atoms in total. The van der Waals surface area contributed by atoms with Gasteiger partial charge < -0.3 is 20.1 Å². The zero-order chi connectivity index (χ0) is 20.4. The molecule has 0 bridgehead atoms. The van der Waals surface area contributed by atoms with Crippen LogP contribution in [0.4, 0.5) is 5.69 Å². The Balaban J connectivity index is 1.94. The summed E-state index contributed by atoms with van der Waals surface area (Å²) in [4.78, 5) is 36.8. The van der Waals surface area contributed by atoms with Crippen LogP contribution in [-0.2, 0) is 14.3 Å². The molecule has 0 atom stereocenters. The lowest BCUT2D eigenvalue weighted by atomic mass is 10.1. The smallest absolute Gasteiger partial charge is 0.256 e. The van der Waals surface area contributed by atoms with E-state index in [2.05, 4.69) is 10.6 Å². The third-order valence-electron chi connectivity index (χ3n) is 3.79. The third kappa shape index (κ3) is 5.98. The first-order valence-electron chi connectivity index (χ1n) is 8.56. The summed E-state index contributed by atoms with van der Waals surface area (Å²) < 4.78 is 10.1. The standard InChI is InChI=1S/C21H22N2O5/c1-27-14-15(21(26)23-16-8-4-3-5-9-16)13-22-20(25)12-18(24)17-10-6-7-11-19(17)28-2/h3-11,14H,12-13H2,1-2H3,(H,22,25)(H,23,26). The summed E-state index contributed by atoms with van der Waals surface area (Å²) in [5, 5.41) is 5.27. The molecule has 2 aromatic carbocycles. The third-order valence-corrected chi connectivity index (χ3v) is 3.79. The van der Waals surface area contributed by atoms with E-state index in [0.717, 1.165) is 0 Å². The molecule has 2 N–H and O–H groups in total. The molecule has 0 radical (unpaired) electrons. The summed E-state index contributed by atoms with van der Waals surface area (Å²) in [5.74, 6) is -0.890. The van der Waals surface area contributed by atoms with E-state index in [1.165, 1.54) is 20.5 Å². The number of rotatable bonds is 9. The van der Waals surface area contributed by atoms with Crippen molar-refractivity contribution in [2.75, 3.05) is 26.1 Å². The zero-order valence-corrected chi connectivity index (χ0v) is 15.7. The van der Waals surface area contributed by atoms with E-state index in [1.54, 1.807) is 48.5 Å². The van der Waals surface area contributed by atoms with Crippen LogP contribution in [0.2, 0.25) is 0 Å². The fraction of sp³-hybridized carbons (Fsp3) is 0.190. The number of ketones is 1. The van der Waals surface area contributed by atoms with Gasteiger partial charge in [-0.1, -0.05) is 30.3 Å². The molecular weight excluding hydrogens is 360 g/mol. The van der Waals surface area contributed by atoms with Gasteiger partial charge in [-0.15, -0.1) is 0 Å². The monoisotopic (exact) mass is 382 g/mol. The highest BCUT2D eigenvalue weighted by Gasteiger charge is 2.17. The summed E-state index contributed by atoms with van der Waals surface area (Å²) >= 11 is 0. The molecule has 0 saturated heterocycles. The maximum absolute atomic E-state index is 12.3. The number of methoxy groups -OCH3 is 2. The van der Waals surface area contributed by atoms with Crippen molar-refractivity contribution in [2.24, 2.45) is 0 Å². The van der Waals surface area contributed by atoms with E-state index >= 15 is 0 Å². The lowest BCUT2D eigenvalue weighted by Crippen LogP contribution is -2.31. The largest absolute Gasteiger partial charge is 0.504 e. The van der Waals surface area contributed by atoms with Crippen LogP contribution >= 0.6 is 0 Å². The average Bonchev–Trinajstić information content (AvgIpc) is 2.71. The lowest BCUT2D eigenvalue weighted by Gasteiger charge is -2.11. The Morgan fingerprint density at radius 1 is 0.964 bits per heavy atom. The summed E-state index contributed by atoms with van der Waals surface area (Å²) in [5.41, 5.74) is 1.16. The summed E-state index contributed by atoms with van der Waals surface area (Å²) in [6.45, 7) is -0.0788. The van der Waals surface area contributed by atoms with Crippen LogP contribution in [0, 0.1) is 0 Å². The van der Waals surface area contributed by atoms with Crippen molar-refractivity contribution in [3.63, 3.8) is 0 Å². The van der Waals surface area contributed by atoms with Crippen molar-refractivity contribution in [3.8, 4) is 5.75 Å². The molecule has 0 heterocycles. The molecule has 0 aromatic heterocycles. The Labute approximate surface area is 163 Å². The summed E-state index contributed by atoms with van der Waals surface area (Å²) in [6.07, 6.45) is 0.890. The number of amides is 2. The molecule has 2 aromatic rings. The van der Waals surface area contributed by atoms with Gasteiger partial charge in [0, 0.05) is 5.69 Å². The molecule has 0 fully saturated rings. The summed E-state index contributed by atoms with van der Waals surface area (Å²) in [6, 6.07) is 15.6. The van der Waals surface area contributed by atoms with Crippen LogP contribution < -0.4 is 15.4 Å². The summed E-state index contributed by atoms with van der Waals surface area (Å²) in [7, 11) is 2.86.